The Bertz CT molecular complexity index is 1130. The lowest BCUT2D eigenvalue weighted by atomic mass is 10.0. The van der Waals surface area contributed by atoms with Gasteiger partial charge >= 0.3 is 0 Å². The van der Waals surface area contributed by atoms with Gasteiger partial charge in [0, 0.05) is 17.1 Å². The predicted octanol–water partition coefficient (Wildman–Crippen LogP) is 2.61. The molecule has 0 bridgehead atoms. The van der Waals surface area contributed by atoms with Gasteiger partial charge in [0.15, 0.2) is 0 Å². The summed E-state index contributed by atoms with van der Waals surface area (Å²) in [5.74, 6) is -0.0763. The zero-order chi connectivity index (χ0) is 19.0. The molecular formula is C17H14ClN5O3S. The van der Waals surface area contributed by atoms with Crippen molar-refractivity contribution in [2.24, 2.45) is 0 Å². The van der Waals surface area contributed by atoms with E-state index in [2.05, 4.69) is 20.1 Å². The second kappa shape index (κ2) is 6.67. The van der Waals surface area contributed by atoms with E-state index in [1.54, 1.807) is 24.3 Å². The van der Waals surface area contributed by atoms with Crippen molar-refractivity contribution in [1.82, 2.24) is 14.8 Å². The predicted molar refractivity (Wildman–Crippen MR) is 101 cm³/mol. The smallest absolute Gasteiger partial charge is 0.261 e. The number of carbonyl (C=O) groups is 1. The summed E-state index contributed by atoms with van der Waals surface area (Å²) < 4.78 is 29.8. The maximum Gasteiger partial charge on any atom is 0.261 e. The number of nitrogens with one attached hydrogen (secondary N) is 2. The number of anilines is 2. The number of rotatable bonds is 4. The monoisotopic (exact) mass is 403 g/mol. The fraction of sp³-hybridized carbons (Fsp3) is 0.118. The highest BCUT2D eigenvalue weighted by atomic mass is 35.5. The summed E-state index contributed by atoms with van der Waals surface area (Å²) in [4.78, 5) is 15.4. The van der Waals surface area contributed by atoms with Crippen molar-refractivity contribution in [2.75, 3.05) is 10.0 Å². The molecule has 27 heavy (non-hydrogen) atoms. The molecule has 1 aliphatic heterocycles. The van der Waals surface area contributed by atoms with E-state index in [1.165, 1.54) is 29.5 Å². The molecular weight excluding hydrogens is 390 g/mol. The van der Waals surface area contributed by atoms with E-state index in [9.17, 15) is 13.2 Å². The van der Waals surface area contributed by atoms with Crippen LogP contribution in [0.1, 0.15) is 12.0 Å². The molecule has 2 N–H and O–H groups in total. The first-order valence-corrected chi connectivity index (χ1v) is 9.89. The number of hydrogen-bond donors (Lipinski definition) is 2. The minimum atomic E-state index is -3.87. The lowest BCUT2D eigenvalue weighted by molar-refractivity contribution is -0.116. The number of aromatic nitrogens is 3. The van der Waals surface area contributed by atoms with Crippen molar-refractivity contribution in [2.45, 2.75) is 17.7 Å². The van der Waals surface area contributed by atoms with Gasteiger partial charge in [-0.2, -0.15) is 5.10 Å². The van der Waals surface area contributed by atoms with Gasteiger partial charge in [0.1, 0.15) is 12.7 Å². The molecule has 3 aromatic rings. The Morgan fingerprint density at radius 1 is 1.15 bits per heavy atom. The fourth-order valence-corrected chi connectivity index (χ4v) is 4.14. The van der Waals surface area contributed by atoms with E-state index in [4.69, 9.17) is 11.6 Å². The lowest BCUT2D eigenvalue weighted by Crippen LogP contribution is -2.20. The van der Waals surface area contributed by atoms with Gasteiger partial charge in [0.25, 0.3) is 10.0 Å². The Morgan fingerprint density at radius 2 is 2.00 bits per heavy atom. The normalized spacial score (nSPS) is 13.7. The quantitative estimate of drug-likeness (QED) is 0.696. The lowest BCUT2D eigenvalue weighted by Gasteiger charge is -2.18. The van der Waals surface area contributed by atoms with Crippen LogP contribution < -0.4 is 10.0 Å². The van der Waals surface area contributed by atoms with Gasteiger partial charge in [0.05, 0.1) is 16.3 Å². The van der Waals surface area contributed by atoms with Crippen molar-refractivity contribution in [3.05, 3.63) is 59.6 Å². The fourth-order valence-electron chi connectivity index (χ4n) is 2.85. The molecule has 2 heterocycles. The summed E-state index contributed by atoms with van der Waals surface area (Å²) in [6, 6.07) is 9.41. The Hall–Kier alpha value is -2.91. The van der Waals surface area contributed by atoms with E-state index < -0.39 is 10.0 Å². The molecule has 8 nitrogen and oxygen atoms in total. The van der Waals surface area contributed by atoms with E-state index in [0.717, 1.165) is 5.56 Å². The molecule has 0 atom stereocenters. The standard InChI is InChI=1S/C17H14ClN5O3S/c18-12-2-5-16(23-10-19-9-20-23)15(8-12)22-27(25,26)13-3-4-14-11(7-13)1-6-17(24)21-14/h2-5,7-10,22H,1,6H2,(H,21,24). The Labute approximate surface area is 160 Å². The summed E-state index contributed by atoms with van der Waals surface area (Å²) >= 11 is 6.04. The van der Waals surface area contributed by atoms with Crippen LogP contribution >= 0.6 is 11.6 Å². The van der Waals surface area contributed by atoms with Crippen molar-refractivity contribution in [3.63, 3.8) is 0 Å². The average Bonchev–Trinajstić information content (AvgIpc) is 3.15. The Balaban J connectivity index is 1.71. The van der Waals surface area contributed by atoms with Gasteiger partial charge in [-0.3, -0.25) is 9.52 Å². The third-order valence-electron chi connectivity index (χ3n) is 4.15. The molecule has 2 aromatic carbocycles. The Morgan fingerprint density at radius 3 is 2.78 bits per heavy atom. The van der Waals surface area contributed by atoms with Crippen LogP contribution in [0.3, 0.4) is 0 Å². The third kappa shape index (κ3) is 3.51. The van der Waals surface area contributed by atoms with Crippen LogP contribution in [0.2, 0.25) is 5.02 Å². The minimum Gasteiger partial charge on any atom is -0.326 e. The SMILES string of the molecule is O=C1CCc2cc(S(=O)(=O)Nc3cc(Cl)ccc3-n3cncn3)ccc2N1. The van der Waals surface area contributed by atoms with Crippen molar-refractivity contribution >= 4 is 38.9 Å². The van der Waals surface area contributed by atoms with Crippen LogP contribution in [0, 0.1) is 0 Å². The van der Waals surface area contributed by atoms with E-state index in [-0.39, 0.29) is 16.5 Å². The van der Waals surface area contributed by atoms with Crippen LogP contribution in [0.25, 0.3) is 5.69 Å². The molecule has 0 radical (unpaired) electrons. The maximum atomic E-state index is 12.9. The molecule has 0 aliphatic carbocycles. The number of benzene rings is 2. The first-order chi connectivity index (χ1) is 12.9. The zero-order valence-electron chi connectivity index (χ0n) is 13.9. The van der Waals surface area contributed by atoms with Gasteiger partial charge in [-0.1, -0.05) is 11.6 Å². The van der Waals surface area contributed by atoms with Crippen LogP contribution in [0.5, 0.6) is 0 Å². The number of hydrogen-bond acceptors (Lipinski definition) is 5. The van der Waals surface area contributed by atoms with Crippen molar-refractivity contribution in [3.8, 4) is 5.69 Å². The molecule has 0 saturated carbocycles. The molecule has 10 heteroatoms. The van der Waals surface area contributed by atoms with Crippen LogP contribution in [0.15, 0.2) is 53.9 Å². The maximum absolute atomic E-state index is 12.9. The van der Waals surface area contributed by atoms with Crippen LogP contribution in [-0.2, 0) is 21.2 Å². The summed E-state index contributed by atoms with van der Waals surface area (Å²) in [6.07, 6.45) is 3.63. The highest BCUT2D eigenvalue weighted by molar-refractivity contribution is 7.92. The van der Waals surface area contributed by atoms with Crippen LogP contribution in [0.4, 0.5) is 11.4 Å². The number of aryl methyl sites for hydroxylation is 1. The zero-order valence-corrected chi connectivity index (χ0v) is 15.5. The second-order valence-corrected chi connectivity index (χ2v) is 8.09. The van der Waals surface area contributed by atoms with E-state index >= 15 is 0 Å². The van der Waals surface area contributed by atoms with Gasteiger partial charge in [-0.15, -0.1) is 0 Å². The third-order valence-corrected chi connectivity index (χ3v) is 5.75. The number of amides is 1. The van der Waals surface area contributed by atoms with Gasteiger partial charge < -0.3 is 5.32 Å². The summed E-state index contributed by atoms with van der Waals surface area (Å²) in [7, 11) is -3.87. The highest BCUT2D eigenvalue weighted by Gasteiger charge is 2.21. The number of fused-ring (bicyclic) bond motifs is 1. The van der Waals surface area contributed by atoms with Crippen molar-refractivity contribution in [1.29, 1.82) is 0 Å². The molecule has 0 spiro atoms. The second-order valence-electron chi connectivity index (χ2n) is 5.97. The molecule has 0 saturated heterocycles. The van der Waals surface area contributed by atoms with Gasteiger partial charge in [0.2, 0.25) is 5.91 Å². The van der Waals surface area contributed by atoms with E-state index in [0.29, 0.717) is 29.2 Å². The number of nitrogens with zero attached hydrogens (tertiary/aromatic N) is 3. The highest BCUT2D eigenvalue weighted by Crippen LogP contribution is 2.29. The van der Waals surface area contributed by atoms with Crippen molar-refractivity contribution < 1.29 is 13.2 Å². The van der Waals surface area contributed by atoms with Crippen LogP contribution in [-0.4, -0.2) is 29.1 Å². The van der Waals surface area contributed by atoms with Gasteiger partial charge in [-0.25, -0.2) is 18.1 Å². The molecule has 4 rings (SSSR count). The Kier molecular flexibility index (Phi) is 4.33. The summed E-state index contributed by atoms with van der Waals surface area (Å²) in [6.45, 7) is 0. The molecule has 1 aromatic heterocycles. The molecule has 1 amide bonds. The molecule has 0 fully saturated rings. The molecule has 138 valence electrons. The van der Waals surface area contributed by atoms with E-state index in [1.807, 2.05) is 0 Å². The summed E-state index contributed by atoms with van der Waals surface area (Å²) in [5, 5.41) is 7.14. The number of halogens is 1. The largest absolute Gasteiger partial charge is 0.326 e. The average molecular weight is 404 g/mol. The first kappa shape index (κ1) is 17.5. The number of carbonyl (C=O) groups excluding carboxylic acids is 1. The van der Waals surface area contributed by atoms with Gasteiger partial charge in [-0.05, 0) is 48.4 Å². The molecule has 0 unspecified atom stereocenters. The first-order valence-electron chi connectivity index (χ1n) is 8.02. The molecule has 1 aliphatic rings. The minimum absolute atomic E-state index is 0.0763. The topological polar surface area (TPSA) is 106 Å². The summed E-state index contributed by atoms with van der Waals surface area (Å²) in [5.41, 5.74) is 2.18. The number of sulfonamides is 1.